The van der Waals surface area contributed by atoms with Crippen LogP contribution in [0.25, 0.3) is 10.1 Å². The predicted molar refractivity (Wildman–Crippen MR) is 101 cm³/mol. The van der Waals surface area contributed by atoms with Crippen molar-refractivity contribution in [1.29, 1.82) is 0 Å². The second kappa shape index (κ2) is 6.57. The molecule has 1 aliphatic carbocycles. The van der Waals surface area contributed by atoms with Gasteiger partial charge in [-0.2, -0.15) is 13.2 Å². The second-order valence-electron chi connectivity index (χ2n) is 8.19. The molecule has 4 fully saturated rings. The van der Waals surface area contributed by atoms with E-state index in [2.05, 4.69) is 10.2 Å². The van der Waals surface area contributed by atoms with Crippen LogP contribution in [0.3, 0.4) is 0 Å². The third-order valence-corrected chi connectivity index (χ3v) is 7.61. The van der Waals surface area contributed by atoms with E-state index in [4.69, 9.17) is 4.74 Å². The van der Waals surface area contributed by atoms with Gasteiger partial charge in [-0.3, -0.25) is 9.69 Å². The third-order valence-electron chi connectivity index (χ3n) is 6.47. The van der Waals surface area contributed by atoms with Crippen molar-refractivity contribution in [2.45, 2.75) is 43.4 Å². The highest BCUT2D eigenvalue weighted by atomic mass is 32.1. The summed E-state index contributed by atoms with van der Waals surface area (Å²) in [5, 5.41) is 3.68. The van der Waals surface area contributed by atoms with Gasteiger partial charge in [-0.1, -0.05) is 6.07 Å². The molecule has 156 valence electrons. The Morgan fingerprint density at radius 3 is 2.66 bits per heavy atom. The average molecular weight is 428 g/mol. The van der Waals surface area contributed by atoms with Gasteiger partial charge < -0.3 is 10.1 Å². The lowest BCUT2D eigenvalue weighted by molar-refractivity contribution is -0.153. The maximum atomic E-state index is 14.1. The lowest BCUT2D eigenvalue weighted by Crippen LogP contribution is -2.65. The van der Waals surface area contributed by atoms with Crippen molar-refractivity contribution >= 4 is 27.3 Å². The van der Waals surface area contributed by atoms with Gasteiger partial charge in [0.1, 0.15) is 0 Å². The summed E-state index contributed by atoms with van der Waals surface area (Å²) in [5.41, 5.74) is 0.0839. The molecule has 1 aromatic heterocycles. The van der Waals surface area contributed by atoms with Crippen LogP contribution < -0.4 is 10.1 Å². The topological polar surface area (TPSA) is 41.6 Å². The summed E-state index contributed by atoms with van der Waals surface area (Å²) >= 11 is 0.968. The molecule has 4 heterocycles. The van der Waals surface area contributed by atoms with E-state index < -0.39 is 24.3 Å². The first-order chi connectivity index (χ1) is 13.8. The van der Waals surface area contributed by atoms with Gasteiger partial charge in [0.15, 0.2) is 18.2 Å². The molecule has 3 aliphatic heterocycles. The second-order valence-corrected chi connectivity index (χ2v) is 9.24. The molecule has 4 aliphatic rings. The normalized spacial score (nSPS) is 27.4. The van der Waals surface area contributed by atoms with Gasteiger partial charge in [0.2, 0.25) is 0 Å². The van der Waals surface area contributed by atoms with Crippen molar-refractivity contribution in [3.63, 3.8) is 0 Å². The maximum absolute atomic E-state index is 14.1. The number of nitrogens with one attached hydrogen (secondary N) is 1. The predicted octanol–water partition coefficient (Wildman–Crippen LogP) is 4.34. The summed E-state index contributed by atoms with van der Waals surface area (Å²) in [6.45, 7) is 0.586. The fourth-order valence-corrected chi connectivity index (χ4v) is 6.04. The fourth-order valence-electron chi connectivity index (χ4n) is 4.99. The Balaban J connectivity index is 1.40. The minimum atomic E-state index is -4.57. The maximum Gasteiger partial charge on any atom is 0.422 e. The van der Waals surface area contributed by atoms with Crippen LogP contribution in [0.4, 0.5) is 17.6 Å². The summed E-state index contributed by atoms with van der Waals surface area (Å²) < 4.78 is 56.5. The third kappa shape index (κ3) is 3.28. The number of carbonyl (C=O) groups is 1. The summed E-state index contributed by atoms with van der Waals surface area (Å²) in [6.07, 6.45) is -0.261. The molecule has 29 heavy (non-hydrogen) atoms. The van der Waals surface area contributed by atoms with Crippen LogP contribution >= 0.6 is 11.3 Å². The lowest BCUT2D eigenvalue weighted by Gasteiger charge is -2.52. The van der Waals surface area contributed by atoms with E-state index in [-0.39, 0.29) is 22.2 Å². The average Bonchev–Trinajstić information content (AvgIpc) is 3.33. The number of hydrogen-bond donors (Lipinski definition) is 1. The van der Waals surface area contributed by atoms with E-state index >= 15 is 0 Å². The van der Waals surface area contributed by atoms with Crippen molar-refractivity contribution < 1.29 is 27.1 Å². The van der Waals surface area contributed by atoms with Gasteiger partial charge in [-0.15, -0.1) is 11.3 Å². The number of benzene rings is 1. The molecule has 4 nitrogen and oxygen atoms in total. The van der Waals surface area contributed by atoms with Crippen molar-refractivity contribution in [3.05, 3.63) is 28.9 Å². The summed E-state index contributed by atoms with van der Waals surface area (Å²) in [7, 11) is 0. The monoisotopic (exact) mass is 428 g/mol. The molecule has 6 rings (SSSR count). The first kappa shape index (κ1) is 19.1. The summed E-state index contributed by atoms with van der Waals surface area (Å²) in [4.78, 5) is 15.8. The Morgan fingerprint density at radius 2 is 2.00 bits per heavy atom. The van der Waals surface area contributed by atoms with E-state index in [9.17, 15) is 22.4 Å². The largest absolute Gasteiger partial charge is 0.480 e. The molecule has 1 unspecified atom stereocenters. The Morgan fingerprint density at radius 1 is 1.28 bits per heavy atom. The van der Waals surface area contributed by atoms with Crippen LogP contribution in [0.1, 0.15) is 35.4 Å². The first-order valence-electron chi connectivity index (χ1n) is 9.74. The van der Waals surface area contributed by atoms with Gasteiger partial charge in [0, 0.05) is 5.54 Å². The highest BCUT2D eigenvalue weighted by Crippen LogP contribution is 2.53. The minimum absolute atomic E-state index is 0.0839. The van der Waals surface area contributed by atoms with Crippen LogP contribution in [0.2, 0.25) is 0 Å². The number of alkyl halides is 3. The van der Waals surface area contributed by atoms with Gasteiger partial charge in [-0.25, -0.2) is 4.39 Å². The molecule has 1 N–H and O–H groups in total. The Bertz CT molecular complexity index is 961. The zero-order chi connectivity index (χ0) is 20.4. The van der Waals surface area contributed by atoms with Crippen LogP contribution in [0, 0.1) is 11.7 Å². The van der Waals surface area contributed by atoms with Crippen molar-refractivity contribution in [3.8, 4) is 5.75 Å². The van der Waals surface area contributed by atoms with Crippen molar-refractivity contribution in [2.24, 2.45) is 5.92 Å². The molecule has 3 saturated heterocycles. The highest BCUT2D eigenvalue weighted by Gasteiger charge is 2.60. The molecular formula is C20H20F4N2O2S. The molecule has 9 heteroatoms. The quantitative estimate of drug-likeness (QED) is 0.737. The molecule has 1 atom stereocenters. The van der Waals surface area contributed by atoms with E-state index in [1.165, 1.54) is 6.07 Å². The molecular weight excluding hydrogens is 408 g/mol. The minimum Gasteiger partial charge on any atom is -0.480 e. The molecule has 1 spiro atoms. The first-order valence-corrected chi connectivity index (χ1v) is 10.6. The number of thiophene rings is 1. The van der Waals surface area contributed by atoms with Gasteiger partial charge in [0.05, 0.1) is 15.6 Å². The Labute approximate surface area is 168 Å². The molecule has 1 amide bonds. The van der Waals surface area contributed by atoms with Crippen LogP contribution in [-0.2, 0) is 0 Å². The van der Waals surface area contributed by atoms with E-state index in [0.717, 1.165) is 56.2 Å². The molecule has 1 aromatic carbocycles. The lowest BCUT2D eigenvalue weighted by atomic mass is 9.77. The number of fused-ring (bicyclic) bond motifs is 3. The summed E-state index contributed by atoms with van der Waals surface area (Å²) in [5.74, 6) is -1.11. The number of ether oxygens (including phenoxy) is 1. The highest BCUT2D eigenvalue weighted by molar-refractivity contribution is 7.21. The zero-order valence-electron chi connectivity index (χ0n) is 15.5. The molecule has 2 bridgehead atoms. The number of hydrogen-bond acceptors (Lipinski definition) is 4. The number of nitrogens with zero attached hydrogens (tertiary/aromatic N) is 1. The number of piperidine rings is 3. The van der Waals surface area contributed by atoms with Crippen LogP contribution in [-0.4, -0.2) is 48.3 Å². The van der Waals surface area contributed by atoms with Crippen molar-refractivity contribution in [1.82, 2.24) is 10.2 Å². The summed E-state index contributed by atoms with van der Waals surface area (Å²) in [6, 6.07) is 4.21. The Kier molecular flexibility index (Phi) is 4.33. The van der Waals surface area contributed by atoms with E-state index in [0.29, 0.717) is 16.2 Å². The number of carbonyl (C=O) groups excluding carboxylic acids is 1. The molecule has 1 saturated carbocycles. The molecule has 2 aromatic rings. The van der Waals surface area contributed by atoms with Gasteiger partial charge in [0.25, 0.3) is 5.91 Å². The van der Waals surface area contributed by atoms with Crippen LogP contribution in [0.15, 0.2) is 18.2 Å². The Hall–Kier alpha value is -1.87. The fraction of sp³-hybridized carbons (Fsp3) is 0.550. The van der Waals surface area contributed by atoms with Crippen LogP contribution in [0.5, 0.6) is 5.75 Å². The zero-order valence-corrected chi connectivity index (χ0v) is 16.3. The smallest absolute Gasteiger partial charge is 0.422 e. The number of halogens is 4. The van der Waals surface area contributed by atoms with Crippen molar-refractivity contribution in [2.75, 3.05) is 19.7 Å². The number of amides is 1. The SMILES string of the molecule is O=C(NC1C2CCN(CC2)C12CC2)c1cc2ccc(F)c(OCC(F)(F)F)c2s1. The molecule has 0 radical (unpaired) electrons. The van der Waals surface area contributed by atoms with Gasteiger partial charge in [-0.05, 0) is 62.2 Å². The van der Waals surface area contributed by atoms with E-state index in [1.807, 2.05) is 0 Å². The van der Waals surface area contributed by atoms with E-state index in [1.54, 1.807) is 6.07 Å². The van der Waals surface area contributed by atoms with Gasteiger partial charge >= 0.3 is 6.18 Å². The standard InChI is InChI=1S/C20H20F4N2O2S/c21-13-2-1-12-9-14(29-16(12)15(13)28-10-20(22,23)24)18(27)25-17-11-3-7-26(8-4-11)19(17)5-6-19/h1-2,9,11,17H,3-8,10H2,(H,25,27). The number of rotatable bonds is 4.